The molecule has 0 aromatic heterocycles. The molecule has 0 bridgehead atoms. The Labute approximate surface area is 121 Å². The van der Waals surface area contributed by atoms with Gasteiger partial charge in [0.15, 0.2) is 0 Å². The van der Waals surface area contributed by atoms with E-state index in [-0.39, 0.29) is 0 Å². The van der Waals surface area contributed by atoms with Gasteiger partial charge >= 0.3 is 0 Å². The normalized spacial score (nSPS) is 17.3. The molecule has 0 unspecified atom stereocenters. The highest BCUT2D eigenvalue weighted by molar-refractivity contribution is 5.27. The third kappa shape index (κ3) is 4.78. The summed E-state index contributed by atoms with van der Waals surface area (Å²) in [5.41, 5.74) is 6.83. The second-order valence-electron chi connectivity index (χ2n) is 5.30. The number of benzene rings is 1. The van der Waals surface area contributed by atoms with Crippen LogP contribution in [-0.2, 0) is 11.2 Å². The molecule has 1 aromatic carbocycles. The van der Waals surface area contributed by atoms with Crippen molar-refractivity contribution in [3.63, 3.8) is 0 Å². The van der Waals surface area contributed by atoms with E-state index in [9.17, 15) is 0 Å². The smallest absolute Gasteiger partial charge is 0.118 e. The zero-order valence-corrected chi connectivity index (χ0v) is 12.4. The van der Waals surface area contributed by atoms with Crippen molar-refractivity contribution in [2.45, 2.75) is 25.4 Å². The molecule has 1 aliphatic rings. The molecular weight excluding hydrogens is 252 g/mol. The first-order chi connectivity index (χ1) is 9.81. The average molecular weight is 278 g/mol. The highest BCUT2D eigenvalue weighted by Gasteiger charge is 2.18. The molecule has 0 saturated carbocycles. The van der Waals surface area contributed by atoms with Crippen LogP contribution < -0.4 is 10.5 Å². The van der Waals surface area contributed by atoms with Gasteiger partial charge in [-0.2, -0.15) is 0 Å². The number of hydrogen-bond acceptors (Lipinski definition) is 4. The van der Waals surface area contributed by atoms with Gasteiger partial charge in [-0.25, -0.2) is 0 Å². The van der Waals surface area contributed by atoms with E-state index in [1.807, 2.05) is 12.1 Å². The number of likely N-dealkylation sites (tertiary alicyclic amines) is 1. The van der Waals surface area contributed by atoms with Gasteiger partial charge in [0.1, 0.15) is 5.75 Å². The number of hydrogen-bond donors (Lipinski definition) is 1. The van der Waals surface area contributed by atoms with Crippen LogP contribution >= 0.6 is 0 Å². The molecule has 4 heteroatoms. The summed E-state index contributed by atoms with van der Waals surface area (Å²) in [5.74, 6) is 0.923. The number of rotatable bonds is 7. The molecule has 1 aromatic rings. The minimum Gasteiger partial charge on any atom is -0.497 e. The van der Waals surface area contributed by atoms with Gasteiger partial charge in [0.05, 0.1) is 19.8 Å². The largest absolute Gasteiger partial charge is 0.497 e. The first kappa shape index (κ1) is 15.3. The Kier molecular flexibility index (Phi) is 6.30. The lowest BCUT2D eigenvalue weighted by molar-refractivity contribution is 0.0118. The van der Waals surface area contributed by atoms with Crippen LogP contribution in [0.4, 0.5) is 0 Å². The first-order valence-electron chi connectivity index (χ1n) is 7.49. The first-order valence-corrected chi connectivity index (χ1v) is 7.49. The minimum absolute atomic E-state index is 0.413. The second kappa shape index (κ2) is 8.25. The Morgan fingerprint density at radius 2 is 1.90 bits per heavy atom. The van der Waals surface area contributed by atoms with Gasteiger partial charge in [-0.15, -0.1) is 0 Å². The molecule has 1 saturated heterocycles. The van der Waals surface area contributed by atoms with Gasteiger partial charge in [-0.1, -0.05) is 12.1 Å². The van der Waals surface area contributed by atoms with Gasteiger partial charge in [-0.05, 0) is 37.0 Å². The summed E-state index contributed by atoms with van der Waals surface area (Å²) in [6.45, 7) is 4.70. The van der Waals surface area contributed by atoms with E-state index in [1.54, 1.807) is 7.11 Å². The molecule has 2 N–H and O–H groups in total. The van der Waals surface area contributed by atoms with E-state index in [1.165, 1.54) is 5.56 Å². The van der Waals surface area contributed by atoms with E-state index in [0.29, 0.717) is 19.3 Å². The molecule has 112 valence electrons. The zero-order chi connectivity index (χ0) is 14.2. The highest BCUT2D eigenvalue weighted by Crippen LogP contribution is 2.15. The van der Waals surface area contributed by atoms with Crippen molar-refractivity contribution in [3.05, 3.63) is 29.8 Å². The summed E-state index contributed by atoms with van der Waals surface area (Å²) < 4.78 is 10.9. The molecular formula is C16H26N2O2. The lowest BCUT2D eigenvalue weighted by Gasteiger charge is -2.31. The van der Waals surface area contributed by atoms with Crippen LogP contribution in [0.25, 0.3) is 0 Å². The van der Waals surface area contributed by atoms with Crippen molar-refractivity contribution in [2.75, 3.05) is 39.9 Å². The SMILES string of the molecule is COc1ccc(CCN2CCC(OCCN)CC2)cc1. The number of methoxy groups -OCH3 is 1. The Morgan fingerprint density at radius 3 is 2.50 bits per heavy atom. The van der Waals surface area contributed by atoms with E-state index >= 15 is 0 Å². The Morgan fingerprint density at radius 1 is 1.20 bits per heavy atom. The topological polar surface area (TPSA) is 47.7 Å². The Balaban J connectivity index is 1.67. The second-order valence-corrected chi connectivity index (χ2v) is 5.30. The van der Waals surface area contributed by atoms with Crippen molar-refractivity contribution < 1.29 is 9.47 Å². The van der Waals surface area contributed by atoms with Crippen LogP contribution in [-0.4, -0.2) is 50.9 Å². The molecule has 1 aliphatic heterocycles. The lowest BCUT2D eigenvalue weighted by atomic mass is 10.1. The Hall–Kier alpha value is -1.10. The number of nitrogens with zero attached hydrogens (tertiary/aromatic N) is 1. The molecule has 1 fully saturated rings. The molecule has 0 aliphatic carbocycles. The minimum atomic E-state index is 0.413. The summed E-state index contributed by atoms with van der Waals surface area (Å²) in [5, 5.41) is 0. The van der Waals surface area contributed by atoms with Crippen LogP contribution in [0.2, 0.25) is 0 Å². The van der Waals surface area contributed by atoms with Gasteiger partial charge in [0.2, 0.25) is 0 Å². The van der Waals surface area contributed by atoms with E-state index < -0.39 is 0 Å². The fourth-order valence-corrected chi connectivity index (χ4v) is 2.61. The van der Waals surface area contributed by atoms with Gasteiger partial charge in [0.25, 0.3) is 0 Å². The molecule has 0 spiro atoms. The maximum Gasteiger partial charge on any atom is 0.118 e. The third-order valence-electron chi connectivity index (χ3n) is 3.88. The number of piperidine rings is 1. The van der Waals surface area contributed by atoms with Crippen LogP contribution in [0.15, 0.2) is 24.3 Å². The molecule has 0 radical (unpaired) electrons. The zero-order valence-electron chi connectivity index (χ0n) is 12.4. The summed E-state index contributed by atoms with van der Waals surface area (Å²) >= 11 is 0. The summed E-state index contributed by atoms with van der Waals surface area (Å²) in [4.78, 5) is 2.52. The molecule has 2 rings (SSSR count). The predicted octanol–water partition coefficient (Wildman–Crippen LogP) is 1.68. The Bertz CT molecular complexity index is 373. The van der Waals surface area contributed by atoms with Gasteiger partial charge < -0.3 is 20.1 Å². The lowest BCUT2D eigenvalue weighted by Crippen LogP contribution is -2.38. The molecule has 1 heterocycles. The fourth-order valence-electron chi connectivity index (χ4n) is 2.61. The predicted molar refractivity (Wildman–Crippen MR) is 81.2 cm³/mol. The number of nitrogens with two attached hydrogens (primary N) is 1. The van der Waals surface area contributed by atoms with Crippen molar-refractivity contribution in [2.24, 2.45) is 5.73 Å². The van der Waals surface area contributed by atoms with Crippen molar-refractivity contribution in [3.8, 4) is 5.75 Å². The van der Waals surface area contributed by atoms with E-state index in [2.05, 4.69) is 17.0 Å². The maximum atomic E-state index is 5.70. The monoisotopic (exact) mass is 278 g/mol. The highest BCUT2D eigenvalue weighted by atomic mass is 16.5. The van der Waals surface area contributed by atoms with Gasteiger partial charge in [0, 0.05) is 26.2 Å². The van der Waals surface area contributed by atoms with Crippen LogP contribution in [0, 0.1) is 0 Å². The summed E-state index contributed by atoms with van der Waals surface area (Å²) in [6.07, 6.45) is 3.76. The van der Waals surface area contributed by atoms with Crippen molar-refractivity contribution in [1.82, 2.24) is 4.90 Å². The summed E-state index contributed by atoms with van der Waals surface area (Å²) in [6, 6.07) is 8.36. The van der Waals surface area contributed by atoms with Crippen LogP contribution in [0.1, 0.15) is 18.4 Å². The quantitative estimate of drug-likeness (QED) is 0.824. The fraction of sp³-hybridized carbons (Fsp3) is 0.625. The molecule has 0 amide bonds. The van der Waals surface area contributed by atoms with Crippen molar-refractivity contribution >= 4 is 0 Å². The molecule has 20 heavy (non-hydrogen) atoms. The average Bonchev–Trinajstić information content (AvgIpc) is 2.52. The van der Waals surface area contributed by atoms with Gasteiger partial charge in [-0.3, -0.25) is 0 Å². The molecule has 0 atom stereocenters. The summed E-state index contributed by atoms with van der Waals surface area (Å²) in [7, 11) is 1.70. The van der Waals surface area contributed by atoms with E-state index in [0.717, 1.165) is 44.6 Å². The standard InChI is InChI=1S/C16H26N2O2/c1-19-15-4-2-14(3-5-15)6-10-18-11-7-16(8-12-18)20-13-9-17/h2-5,16H,6-13,17H2,1H3. The van der Waals surface area contributed by atoms with E-state index in [4.69, 9.17) is 15.2 Å². The van der Waals surface area contributed by atoms with Crippen LogP contribution in [0.3, 0.4) is 0 Å². The number of ether oxygens (including phenoxy) is 2. The molecule has 4 nitrogen and oxygen atoms in total. The third-order valence-corrected chi connectivity index (χ3v) is 3.88. The van der Waals surface area contributed by atoms with Crippen molar-refractivity contribution in [1.29, 1.82) is 0 Å². The maximum absolute atomic E-state index is 5.70. The van der Waals surface area contributed by atoms with Crippen LogP contribution in [0.5, 0.6) is 5.75 Å².